The predicted molar refractivity (Wildman–Crippen MR) is 105 cm³/mol. The van der Waals surface area contributed by atoms with Crippen molar-refractivity contribution in [2.24, 2.45) is 0 Å². The van der Waals surface area contributed by atoms with Crippen molar-refractivity contribution in [2.75, 3.05) is 13.2 Å². The molecule has 2 aromatic carbocycles. The van der Waals surface area contributed by atoms with Crippen LogP contribution in [0.25, 0.3) is 0 Å². The highest BCUT2D eigenvalue weighted by Gasteiger charge is 2.16. The van der Waals surface area contributed by atoms with E-state index in [1.807, 2.05) is 55.5 Å². The highest BCUT2D eigenvalue weighted by atomic mass is 16.5. The van der Waals surface area contributed by atoms with Crippen LogP contribution >= 0.6 is 0 Å². The third-order valence-corrected chi connectivity index (χ3v) is 4.15. The normalized spacial score (nSPS) is 12.3. The van der Waals surface area contributed by atoms with E-state index in [1.54, 1.807) is 6.92 Å². The molecule has 4 heteroatoms. The maximum atomic E-state index is 12.2. The Morgan fingerprint density at radius 1 is 1.08 bits per heavy atom. The van der Waals surface area contributed by atoms with Crippen molar-refractivity contribution in [3.05, 3.63) is 59.7 Å². The van der Waals surface area contributed by atoms with Gasteiger partial charge >= 0.3 is 0 Å². The standard InChI is InChI=1S/C22H29NO3/c1-16-8-6-7-9-20(16)25-15-14-23-21(24)17(2)26-19-12-10-18(11-13-19)22(3,4)5/h6-13,17H,14-15H2,1-5H3,(H,23,24). The molecule has 140 valence electrons. The Labute approximate surface area is 156 Å². The van der Waals surface area contributed by atoms with Crippen LogP contribution in [0.4, 0.5) is 0 Å². The van der Waals surface area contributed by atoms with Crippen molar-refractivity contribution in [1.82, 2.24) is 5.32 Å². The number of ether oxygens (including phenoxy) is 2. The fraction of sp³-hybridized carbons (Fsp3) is 0.409. The number of carbonyl (C=O) groups is 1. The van der Waals surface area contributed by atoms with Gasteiger partial charge in [-0.2, -0.15) is 0 Å². The van der Waals surface area contributed by atoms with E-state index in [4.69, 9.17) is 9.47 Å². The molecule has 1 N–H and O–H groups in total. The van der Waals surface area contributed by atoms with Gasteiger partial charge in [-0.25, -0.2) is 0 Å². The molecule has 0 aromatic heterocycles. The summed E-state index contributed by atoms with van der Waals surface area (Å²) in [6.45, 7) is 11.1. The lowest BCUT2D eigenvalue weighted by Crippen LogP contribution is -2.38. The van der Waals surface area contributed by atoms with Crippen LogP contribution in [-0.2, 0) is 10.2 Å². The lowest BCUT2D eigenvalue weighted by atomic mass is 9.87. The van der Waals surface area contributed by atoms with Crippen molar-refractivity contribution in [2.45, 2.75) is 46.1 Å². The molecule has 0 saturated carbocycles. The van der Waals surface area contributed by atoms with Gasteiger partial charge in [-0.1, -0.05) is 51.1 Å². The van der Waals surface area contributed by atoms with Crippen LogP contribution in [0.5, 0.6) is 11.5 Å². The van der Waals surface area contributed by atoms with E-state index in [0.29, 0.717) is 18.9 Å². The number of hydrogen-bond donors (Lipinski definition) is 1. The molecule has 0 aliphatic carbocycles. The second-order valence-electron chi connectivity index (χ2n) is 7.44. The SMILES string of the molecule is Cc1ccccc1OCCNC(=O)C(C)Oc1ccc(C(C)(C)C)cc1. The number of rotatable bonds is 7. The van der Waals surface area contributed by atoms with E-state index in [9.17, 15) is 4.79 Å². The zero-order chi connectivity index (χ0) is 19.2. The Morgan fingerprint density at radius 3 is 2.35 bits per heavy atom. The van der Waals surface area contributed by atoms with E-state index < -0.39 is 6.10 Å². The summed E-state index contributed by atoms with van der Waals surface area (Å²) in [4.78, 5) is 12.2. The molecule has 1 unspecified atom stereocenters. The summed E-state index contributed by atoms with van der Waals surface area (Å²) in [5, 5.41) is 2.84. The van der Waals surface area contributed by atoms with Crippen LogP contribution in [-0.4, -0.2) is 25.2 Å². The molecular formula is C22H29NO3. The number of benzene rings is 2. The zero-order valence-corrected chi connectivity index (χ0v) is 16.3. The van der Waals surface area contributed by atoms with E-state index in [1.165, 1.54) is 5.56 Å². The van der Waals surface area contributed by atoms with Gasteiger partial charge in [0.05, 0.1) is 6.54 Å². The minimum atomic E-state index is -0.561. The molecule has 2 rings (SSSR count). The first-order valence-corrected chi connectivity index (χ1v) is 9.01. The number of amides is 1. The molecule has 0 saturated heterocycles. The minimum absolute atomic E-state index is 0.0959. The molecule has 0 aliphatic rings. The highest BCUT2D eigenvalue weighted by Crippen LogP contribution is 2.24. The van der Waals surface area contributed by atoms with Gasteiger partial charge in [0.15, 0.2) is 6.10 Å². The maximum Gasteiger partial charge on any atom is 0.260 e. The Kier molecular flexibility index (Phi) is 6.67. The van der Waals surface area contributed by atoms with E-state index in [-0.39, 0.29) is 11.3 Å². The smallest absolute Gasteiger partial charge is 0.260 e. The highest BCUT2D eigenvalue weighted by molar-refractivity contribution is 5.80. The third-order valence-electron chi connectivity index (χ3n) is 4.15. The van der Waals surface area contributed by atoms with Crippen molar-refractivity contribution in [3.8, 4) is 11.5 Å². The summed E-state index contributed by atoms with van der Waals surface area (Å²) >= 11 is 0. The summed E-state index contributed by atoms with van der Waals surface area (Å²) < 4.78 is 11.4. The number of aryl methyl sites for hydroxylation is 1. The Hall–Kier alpha value is -2.49. The second kappa shape index (κ2) is 8.75. The number of carbonyl (C=O) groups excluding carboxylic acids is 1. The first-order valence-electron chi connectivity index (χ1n) is 9.01. The maximum absolute atomic E-state index is 12.2. The number of hydrogen-bond acceptors (Lipinski definition) is 3. The molecule has 4 nitrogen and oxygen atoms in total. The summed E-state index contributed by atoms with van der Waals surface area (Å²) in [6, 6.07) is 15.7. The van der Waals surface area contributed by atoms with E-state index in [2.05, 4.69) is 26.1 Å². The van der Waals surface area contributed by atoms with Crippen LogP contribution in [0.2, 0.25) is 0 Å². The monoisotopic (exact) mass is 355 g/mol. The number of para-hydroxylation sites is 1. The minimum Gasteiger partial charge on any atom is -0.491 e. The van der Waals surface area contributed by atoms with Gasteiger partial charge in [-0.3, -0.25) is 4.79 Å². The molecule has 0 radical (unpaired) electrons. The van der Waals surface area contributed by atoms with E-state index >= 15 is 0 Å². The van der Waals surface area contributed by atoms with Gasteiger partial charge in [0.25, 0.3) is 5.91 Å². The van der Waals surface area contributed by atoms with Crippen LogP contribution in [0.1, 0.15) is 38.8 Å². The largest absolute Gasteiger partial charge is 0.491 e. The molecule has 1 amide bonds. The molecule has 1 atom stereocenters. The first-order chi connectivity index (χ1) is 12.3. The summed E-state index contributed by atoms with van der Waals surface area (Å²) in [7, 11) is 0. The van der Waals surface area contributed by atoms with Gasteiger partial charge in [0, 0.05) is 0 Å². The molecule has 0 heterocycles. The molecule has 2 aromatic rings. The molecule has 0 bridgehead atoms. The van der Waals surface area contributed by atoms with Crippen LogP contribution in [0.15, 0.2) is 48.5 Å². The molecule has 26 heavy (non-hydrogen) atoms. The summed E-state index contributed by atoms with van der Waals surface area (Å²) in [6.07, 6.45) is -0.561. The van der Waals surface area contributed by atoms with Crippen molar-refractivity contribution < 1.29 is 14.3 Å². The first kappa shape index (κ1) is 19.8. The quantitative estimate of drug-likeness (QED) is 0.755. The molecule has 0 aliphatic heterocycles. The predicted octanol–water partition coefficient (Wildman–Crippen LogP) is 4.26. The topological polar surface area (TPSA) is 47.6 Å². The lowest BCUT2D eigenvalue weighted by Gasteiger charge is -2.20. The van der Waals surface area contributed by atoms with E-state index in [0.717, 1.165) is 11.3 Å². The fourth-order valence-corrected chi connectivity index (χ4v) is 2.49. The summed E-state index contributed by atoms with van der Waals surface area (Å²) in [5.41, 5.74) is 2.41. The van der Waals surface area contributed by atoms with Crippen LogP contribution < -0.4 is 14.8 Å². The van der Waals surface area contributed by atoms with Crippen molar-refractivity contribution in [1.29, 1.82) is 0 Å². The Bertz CT molecular complexity index is 717. The second-order valence-corrected chi connectivity index (χ2v) is 7.44. The lowest BCUT2D eigenvalue weighted by molar-refractivity contribution is -0.127. The van der Waals surface area contributed by atoms with Gasteiger partial charge in [-0.15, -0.1) is 0 Å². The van der Waals surface area contributed by atoms with Crippen LogP contribution in [0.3, 0.4) is 0 Å². The molecular weight excluding hydrogens is 326 g/mol. The van der Waals surface area contributed by atoms with Crippen molar-refractivity contribution in [3.63, 3.8) is 0 Å². The van der Waals surface area contributed by atoms with Gasteiger partial charge in [0.1, 0.15) is 18.1 Å². The van der Waals surface area contributed by atoms with Crippen molar-refractivity contribution >= 4 is 5.91 Å². The van der Waals surface area contributed by atoms with Gasteiger partial charge in [0.2, 0.25) is 0 Å². The zero-order valence-electron chi connectivity index (χ0n) is 16.3. The molecule has 0 spiro atoms. The summed E-state index contributed by atoms with van der Waals surface area (Å²) in [5.74, 6) is 1.38. The Balaban J connectivity index is 1.76. The van der Waals surface area contributed by atoms with Gasteiger partial charge < -0.3 is 14.8 Å². The fourth-order valence-electron chi connectivity index (χ4n) is 2.49. The average molecular weight is 355 g/mol. The average Bonchev–Trinajstić information content (AvgIpc) is 2.59. The third kappa shape index (κ3) is 5.80. The number of nitrogens with one attached hydrogen (secondary N) is 1. The van der Waals surface area contributed by atoms with Crippen LogP contribution in [0, 0.1) is 6.92 Å². The van der Waals surface area contributed by atoms with Gasteiger partial charge in [-0.05, 0) is 48.6 Å². The molecule has 0 fully saturated rings. The Morgan fingerprint density at radius 2 is 1.73 bits per heavy atom.